The van der Waals surface area contributed by atoms with Crippen LogP contribution in [-0.4, -0.2) is 84.6 Å². The van der Waals surface area contributed by atoms with Crippen LogP contribution in [0.25, 0.3) is 10.2 Å². The minimum atomic E-state index is 0.0260. The molecule has 7 nitrogen and oxygen atoms in total. The summed E-state index contributed by atoms with van der Waals surface area (Å²) in [5.41, 5.74) is 1.01. The van der Waals surface area contributed by atoms with Crippen LogP contribution in [0.4, 0.5) is 5.82 Å². The lowest BCUT2D eigenvalue weighted by molar-refractivity contribution is 0.0955. The van der Waals surface area contributed by atoms with Gasteiger partial charge in [-0.2, -0.15) is 0 Å². The number of hydrogen-bond donors (Lipinski definition) is 1. The highest BCUT2D eigenvalue weighted by Crippen LogP contribution is 2.35. The normalized spacial score (nSPS) is 19.0. The number of carbonyl (C=O) groups excluding carboxylic acids is 1. The molecule has 0 spiro atoms. The van der Waals surface area contributed by atoms with Crippen LogP contribution in [0, 0.1) is 6.92 Å². The van der Waals surface area contributed by atoms with Gasteiger partial charge >= 0.3 is 0 Å². The fraction of sp³-hybridized carbons (Fsp3) is 0.696. The summed E-state index contributed by atoms with van der Waals surface area (Å²) in [6, 6.07) is 0. The lowest BCUT2D eigenvalue weighted by Gasteiger charge is -2.35. The molecule has 8 heteroatoms. The first kappa shape index (κ1) is 22.4. The van der Waals surface area contributed by atoms with E-state index >= 15 is 0 Å². The first-order chi connectivity index (χ1) is 15.2. The lowest BCUT2D eigenvalue weighted by Crippen LogP contribution is -2.46. The predicted octanol–water partition coefficient (Wildman–Crippen LogP) is 3.14. The van der Waals surface area contributed by atoms with E-state index < -0.39 is 0 Å². The number of aryl methyl sites for hydroxylation is 1. The van der Waals surface area contributed by atoms with Crippen LogP contribution in [0.2, 0.25) is 0 Å². The number of likely N-dealkylation sites (N-methyl/N-ethyl adjacent to an activating group) is 1. The Morgan fingerprint density at radius 1 is 1.03 bits per heavy atom. The summed E-state index contributed by atoms with van der Waals surface area (Å²) < 4.78 is 0. The summed E-state index contributed by atoms with van der Waals surface area (Å²) in [7, 11) is 0. The number of anilines is 1. The molecule has 1 amide bonds. The summed E-state index contributed by atoms with van der Waals surface area (Å²) in [5.74, 6) is 1.01. The van der Waals surface area contributed by atoms with Crippen molar-refractivity contribution < 1.29 is 4.79 Å². The third-order valence-electron chi connectivity index (χ3n) is 6.67. The number of amides is 1. The monoisotopic (exact) mass is 444 g/mol. The number of carbonyl (C=O) groups is 1. The molecule has 0 aromatic carbocycles. The molecule has 170 valence electrons. The van der Waals surface area contributed by atoms with Crippen molar-refractivity contribution >= 4 is 33.3 Å². The lowest BCUT2D eigenvalue weighted by atomic mass is 10.1. The predicted molar refractivity (Wildman–Crippen MR) is 128 cm³/mol. The maximum atomic E-state index is 12.9. The van der Waals surface area contributed by atoms with Crippen molar-refractivity contribution in [2.24, 2.45) is 0 Å². The van der Waals surface area contributed by atoms with Gasteiger partial charge in [0.1, 0.15) is 17.0 Å². The molecule has 0 radical (unpaired) electrons. The Hall–Kier alpha value is -1.77. The molecule has 0 bridgehead atoms. The second-order valence-corrected chi connectivity index (χ2v) is 9.72. The SMILES string of the molecule is CCN1CCN(c2ncnc3sc(C(=O)NCCCN4CCCCCC4)c(C)c23)CC1. The Morgan fingerprint density at radius 3 is 2.48 bits per heavy atom. The number of thiophene rings is 1. The molecule has 2 saturated heterocycles. The molecule has 1 N–H and O–H groups in total. The number of piperazine rings is 1. The molecule has 2 fully saturated rings. The van der Waals surface area contributed by atoms with Crippen molar-refractivity contribution in [1.29, 1.82) is 0 Å². The van der Waals surface area contributed by atoms with Crippen LogP contribution in [0.15, 0.2) is 6.33 Å². The Bertz CT molecular complexity index is 868. The van der Waals surface area contributed by atoms with E-state index in [4.69, 9.17) is 0 Å². The van der Waals surface area contributed by atoms with Crippen LogP contribution in [0.1, 0.15) is 54.3 Å². The highest BCUT2D eigenvalue weighted by molar-refractivity contribution is 7.20. The molecule has 31 heavy (non-hydrogen) atoms. The van der Waals surface area contributed by atoms with Gasteiger partial charge in [-0.05, 0) is 57.9 Å². The minimum absolute atomic E-state index is 0.0260. The largest absolute Gasteiger partial charge is 0.353 e. The van der Waals surface area contributed by atoms with Crippen molar-refractivity contribution in [3.8, 4) is 0 Å². The van der Waals surface area contributed by atoms with Crippen LogP contribution in [0.3, 0.4) is 0 Å². The van der Waals surface area contributed by atoms with Gasteiger partial charge in [-0.15, -0.1) is 11.3 Å². The number of hydrogen-bond acceptors (Lipinski definition) is 7. The highest BCUT2D eigenvalue weighted by Gasteiger charge is 2.24. The topological polar surface area (TPSA) is 64.6 Å². The van der Waals surface area contributed by atoms with Gasteiger partial charge in [0.25, 0.3) is 5.91 Å². The molecule has 0 saturated carbocycles. The Balaban J connectivity index is 1.39. The van der Waals surface area contributed by atoms with E-state index in [1.165, 1.54) is 50.1 Å². The van der Waals surface area contributed by atoms with Gasteiger partial charge in [0.2, 0.25) is 0 Å². The van der Waals surface area contributed by atoms with Crippen molar-refractivity contribution in [3.05, 3.63) is 16.8 Å². The number of nitrogens with zero attached hydrogens (tertiary/aromatic N) is 5. The molecule has 0 aliphatic carbocycles. The van der Waals surface area contributed by atoms with E-state index in [0.717, 1.165) is 78.7 Å². The van der Waals surface area contributed by atoms with E-state index in [-0.39, 0.29) is 5.91 Å². The number of fused-ring (bicyclic) bond motifs is 1. The zero-order valence-electron chi connectivity index (χ0n) is 19.0. The zero-order chi connectivity index (χ0) is 21.6. The molecule has 2 aromatic heterocycles. The first-order valence-corrected chi connectivity index (χ1v) is 12.7. The third-order valence-corrected chi connectivity index (χ3v) is 7.87. The smallest absolute Gasteiger partial charge is 0.261 e. The molecule has 4 heterocycles. The maximum Gasteiger partial charge on any atom is 0.261 e. The average Bonchev–Trinajstić information content (AvgIpc) is 2.97. The van der Waals surface area contributed by atoms with Crippen molar-refractivity contribution in [2.45, 2.75) is 46.0 Å². The fourth-order valence-corrected chi connectivity index (χ4v) is 5.79. The molecule has 2 aliphatic rings. The van der Waals surface area contributed by atoms with Gasteiger partial charge in [0.15, 0.2) is 0 Å². The summed E-state index contributed by atoms with van der Waals surface area (Å²) in [4.78, 5) is 31.1. The summed E-state index contributed by atoms with van der Waals surface area (Å²) in [6.45, 7) is 13.6. The summed E-state index contributed by atoms with van der Waals surface area (Å²) in [5, 5.41) is 4.19. The highest BCUT2D eigenvalue weighted by atomic mass is 32.1. The van der Waals surface area contributed by atoms with E-state index in [1.54, 1.807) is 6.33 Å². The number of nitrogens with one attached hydrogen (secondary N) is 1. The molecule has 0 atom stereocenters. The second-order valence-electron chi connectivity index (χ2n) is 8.72. The Kier molecular flexibility index (Phi) is 7.74. The second kappa shape index (κ2) is 10.7. The molecule has 2 aliphatic heterocycles. The van der Waals surface area contributed by atoms with Crippen LogP contribution >= 0.6 is 11.3 Å². The van der Waals surface area contributed by atoms with Gasteiger partial charge in [-0.1, -0.05) is 19.8 Å². The van der Waals surface area contributed by atoms with Crippen molar-refractivity contribution in [2.75, 3.05) is 63.8 Å². The van der Waals surface area contributed by atoms with E-state index in [1.807, 2.05) is 6.92 Å². The fourth-order valence-electron chi connectivity index (χ4n) is 4.73. The van der Waals surface area contributed by atoms with Gasteiger partial charge in [-0.3, -0.25) is 4.79 Å². The van der Waals surface area contributed by atoms with E-state index in [2.05, 4.69) is 36.9 Å². The van der Waals surface area contributed by atoms with Gasteiger partial charge < -0.3 is 20.0 Å². The number of aromatic nitrogens is 2. The van der Waals surface area contributed by atoms with Gasteiger partial charge in [-0.25, -0.2) is 9.97 Å². The molecular formula is C23H36N6OS. The van der Waals surface area contributed by atoms with Crippen LogP contribution < -0.4 is 10.2 Å². The molecule has 0 unspecified atom stereocenters. The van der Waals surface area contributed by atoms with Crippen molar-refractivity contribution in [1.82, 2.24) is 25.1 Å². The van der Waals surface area contributed by atoms with E-state index in [9.17, 15) is 4.79 Å². The summed E-state index contributed by atoms with van der Waals surface area (Å²) in [6.07, 6.45) is 7.98. The van der Waals surface area contributed by atoms with E-state index in [0.29, 0.717) is 0 Å². The standard InChI is InChI=1S/C23H36N6OS/c1-3-27-13-15-29(16-14-27)21-19-18(2)20(31-23(19)26-17-25-21)22(30)24-9-8-12-28-10-6-4-5-7-11-28/h17H,3-16H2,1-2H3,(H,24,30). The number of rotatable bonds is 7. The van der Waals surface area contributed by atoms with Crippen molar-refractivity contribution in [3.63, 3.8) is 0 Å². The quantitative estimate of drug-likeness (QED) is 0.662. The van der Waals surface area contributed by atoms with Gasteiger partial charge in [0, 0.05) is 32.7 Å². The van der Waals surface area contributed by atoms with Crippen LogP contribution in [0.5, 0.6) is 0 Å². The zero-order valence-corrected chi connectivity index (χ0v) is 19.8. The Morgan fingerprint density at radius 2 is 1.77 bits per heavy atom. The van der Waals surface area contributed by atoms with Crippen LogP contribution in [-0.2, 0) is 0 Å². The molecular weight excluding hydrogens is 408 g/mol. The third kappa shape index (κ3) is 5.35. The minimum Gasteiger partial charge on any atom is -0.353 e. The first-order valence-electron chi connectivity index (χ1n) is 11.9. The molecule has 2 aromatic rings. The average molecular weight is 445 g/mol. The number of likely N-dealkylation sites (tertiary alicyclic amines) is 1. The maximum absolute atomic E-state index is 12.9. The molecule has 4 rings (SSSR count). The Labute approximate surface area is 189 Å². The van der Waals surface area contributed by atoms with Gasteiger partial charge in [0.05, 0.1) is 10.3 Å². The summed E-state index contributed by atoms with van der Waals surface area (Å²) >= 11 is 1.49.